The summed E-state index contributed by atoms with van der Waals surface area (Å²) in [5.74, 6) is 0.441. The van der Waals surface area contributed by atoms with Crippen LogP contribution in [0.5, 0.6) is 5.75 Å². The number of hydrogen-bond acceptors (Lipinski definition) is 4. The van der Waals surface area contributed by atoms with Crippen LogP contribution >= 0.6 is 0 Å². The van der Waals surface area contributed by atoms with Crippen LogP contribution in [0, 0.1) is 10.1 Å². The van der Waals surface area contributed by atoms with E-state index in [9.17, 15) is 10.1 Å². The first-order valence-corrected chi connectivity index (χ1v) is 4.38. The zero-order valence-electron chi connectivity index (χ0n) is 8.29. The molecule has 5 nitrogen and oxygen atoms in total. The summed E-state index contributed by atoms with van der Waals surface area (Å²) in [7, 11) is 0. The van der Waals surface area contributed by atoms with Crippen LogP contribution in [0.2, 0.25) is 0 Å². The van der Waals surface area contributed by atoms with Crippen molar-refractivity contribution in [1.29, 1.82) is 0 Å². The predicted molar refractivity (Wildman–Crippen MR) is 55.8 cm³/mol. The highest BCUT2D eigenvalue weighted by atomic mass is 16.7. The molecule has 1 rings (SSSR count). The van der Waals surface area contributed by atoms with E-state index in [-0.39, 0.29) is 0 Å². The summed E-state index contributed by atoms with van der Waals surface area (Å²) < 4.78 is 5.13. The summed E-state index contributed by atoms with van der Waals surface area (Å²) in [5, 5.41) is 10.6. The average molecular weight is 208 g/mol. The van der Waals surface area contributed by atoms with E-state index < -0.39 is 11.2 Å². The number of benzene rings is 1. The van der Waals surface area contributed by atoms with Gasteiger partial charge in [-0.3, -0.25) is 10.1 Å². The molecule has 0 aliphatic heterocycles. The quantitative estimate of drug-likeness (QED) is 0.462. The summed E-state index contributed by atoms with van der Waals surface area (Å²) in [6.07, 6.45) is 0.0184. The van der Waals surface area contributed by atoms with Gasteiger partial charge < -0.3 is 10.5 Å². The third-order valence-corrected chi connectivity index (χ3v) is 1.61. The Balaban J connectivity index is 2.76. The molecule has 0 aliphatic carbocycles. The lowest BCUT2D eigenvalue weighted by Crippen LogP contribution is -2.25. The molecule has 1 atom stereocenters. The Kier molecular flexibility index (Phi) is 3.68. The SMILES string of the molecule is CC(N)=CC(Oc1ccccc1)[N+](=O)[O-]. The van der Waals surface area contributed by atoms with Gasteiger partial charge in [0.1, 0.15) is 5.75 Å². The third-order valence-electron chi connectivity index (χ3n) is 1.61. The van der Waals surface area contributed by atoms with Crippen molar-refractivity contribution < 1.29 is 9.66 Å². The van der Waals surface area contributed by atoms with E-state index in [0.717, 1.165) is 0 Å². The predicted octanol–water partition coefficient (Wildman–Crippen LogP) is 1.53. The second-order valence-corrected chi connectivity index (χ2v) is 3.02. The largest absolute Gasteiger partial charge is 0.427 e. The first kappa shape index (κ1) is 11.0. The van der Waals surface area contributed by atoms with Crippen molar-refractivity contribution in [1.82, 2.24) is 0 Å². The van der Waals surface area contributed by atoms with E-state index in [2.05, 4.69) is 0 Å². The Hall–Kier alpha value is -2.04. The maximum absolute atomic E-state index is 10.6. The molecule has 0 amide bonds. The van der Waals surface area contributed by atoms with Gasteiger partial charge in [-0.2, -0.15) is 0 Å². The van der Waals surface area contributed by atoms with E-state index in [0.29, 0.717) is 11.4 Å². The fourth-order valence-electron chi connectivity index (χ4n) is 1.00. The van der Waals surface area contributed by atoms with E-state index in [1.165, 1.54) is 6.08 Å². The Labute approximate surface area is 87.3 Å². The number of rotatable bonds is 4. The van der Waals surface area contributed by atoms with Crippen LogP contribution in [0.1, 0.15) is 6.92 Å². The number of ether oxygens (including phenoxy) is 1. The molecule has 0 heterocycles. The highest BCUT2D eigenvalue weighted by Gasteiger charge is 2.18. The molecule has 1 aromatic rings. The lowest BCUT2D eigenvalue weighted by atomic mass is 10.3. The van der Waals surface area contributed by atoms with Gasteiger partial charge in [-0.05, 0) is 19.1 Å². The molecule has 1 aromatic carbocycles. The molecule has 1 unspecified atom stereocenters. The number of nitro groups is 1. The second-order valence-electron chi connectivity index (χ2n) is 3.02. The monoisotopic (exact) mass is 208 g/mol. The van der Waals surface area contributed by atoms with E-state index in [1.807, 2.05) is 0 Å². The van der Waals surface area contributed by atoms with Gasteiger partial charge in [0.25, 0.3) is 0 Å². The number of para-hydroxylation sites is 1. The lowest BCUT2D eigenvalue weighted by Gasteiger charge is -2.08. The average Bonchev–Trinajstić information content (AvgIpc) is 2.17. The first-order chi connectivity index (χ1) is 7.09. The summed E-state index contributed by atoms with van der Waals surface area (Å²) in [5.41, 5.74) is 5.72. The van der Waals surface area contributed by atoms with E-state index in [1.54, 1.807) is 37.3 Å². The maximum atomic E-state index is 10.6. The van der Waals surface area contributed by atoms with Crippen molar-refractivity contribution in [3.8, 4) is 5.75 Å². The molecular weight excluding hydrogens is 196 g/mol. The van der Waals surface area contributed by atoms with Crippen LogP contribution in [0.25, 0.3) is 0 Å². The molecule has 0 saturated carbocycles. The minimum atomic E-state index is -1.24. The molecule has 0 saturated heterocycles. The van der Waals surface area contributed by atoms with E-state index in [4.69, 9.17) is 10.5 Å². The van der Waals surface area contributed by atoms with Gasteiger partial charge in [0, 0.05) is 11.8 Å². The topological polar surface area (TPSA) is 78.4 Å². The fraction of sp³-hybridized carbons (Fsp3) is 0.200. The van der Waals surface area contributed by atoms with E-state index >= 15 is 0 Å². The van der Waals surface area contributed by atoms with Gasteiger partial charge in [-0.1, -0.05) is 18.2 Å². The molecule has 0 spiro atoms. The Morgan fingerprint density at radius 3 is 2.60 bits per heavy atom. The van der Waals surface area contributed by atoms with Crippen molar-refractivity contribution in [2.75, 3.05) is 0 Å². The van der Waals surface area contributed by atoms with Gasteiger partial charge in [0.05, 0.1) is 4.92 Å². The Morgan fingerprint density at radius 1 is 1.53 bits per heavy atom. The number of hydrogen-bond donors (Lipinski definition) is 1. The van der Waals surface area contributed by atoms with Gasteiger partial charge in [-0.15, -0.1) is 0 Å². The molecule has 2 N–H and O–H groups in total. The summed E-state index contributed by atoms with van der Waals surface area (Å²) in [6, 6.07) is 8.58. The Morgan fingerprint density at radius 2 is 2.13 bits per heavy atom. The van der Waals surface area contributed by atoms with Crippen LogP contribution in [-0.2, 0) is 0 Å². The van der Waals surface area contributed by atoms with Crippen LogP contribution in [0.15, 0.2) is 42.1 Å². The molecule has 0 radical (unpaired) electrons. The highest BCUT2D eigenvalue weighted by Crippen LogP contribution is 2.12. The van der Waals surface area contributed by atoms with Gasteiger partial charge >= 0.3 is 6.23 Å². The van der Waals surface area contributed by atoms with Crippen molar-refractivity contribution in [2.45, 2.75) is 13.2 Å². The smallest absolute Gasteiger partial charge is 0.375 e. The normalized spacial score (nSPS) is 13.3. The maximum Gasteiger partial charge on any atom is 0.375 e. The second kappa shape index (κ2) is 4.99. The summed E-state index contributed by atoms with van der Waals surface area (Å²) >= 11 is 0. The minimum absolute atomic E-state index is 0.354. The van der Waals surface area contributed by atoms with Crippen molar-refractivity contribution in [3.05, 3.63) is 52.2 Å². The van der Waals surface area contributed by atoms with Crippen LogP contribution < -0.4 is 10.5 Å². The first-order valence-electron chi connectivity index (χ1n) is 4.38. The molecule has 15 heavy (non-hydrogen) atoms. The van der Waals surface area contributed by atoms with Crippen LogP contribution in [0.3, 0.4) is 0 Å². The molecule has 80 valence electrons. The fourth-order valence-corrected chi connectivity index (χ4v) is 1.00. The highest BCUT2D eigenvalue weighted by molar-refractivity contribution is 5.21. The zero-order valence-corrected chi connectivity index (χ0v) is 8.29. The van der Waals surface area contributed by atoms with Gasteiger partial charge in [0.2, 0.25) is 0 Å². The number of allylic oxidation sites excluding steroid dienone is 1. The molecule has 0 fully saturated rings. The minimum Gasteiger partial charge on any atom is -0.427 e. The van der Waals surface area contributed by atoms with Crippen molar-refractivity contribution in [2.24, 2.45) is 5.73 Å². The zero-order chi connectivity index (χ0) is 11.3. The number of nitrogens with zero attached hydrogens (tertiary/aromatic N) is 1. The van der Waals surface area contributed by atoms with Crippen molar-refractivity contribution in [3.63, 3.8) is 0 Å². The van der Waals surface area contributed by atoms with Gasteiger partial charge in [-0.25, -0.2) is 0 Å². The van der Waals surface area contributed by atoms with Crippen LogP contribution in [-0.4, -0.2) is 11.2 Å². The van der Waals surface area contributed by atoms with Crippen LogP contribution in [0.4, 0.5) is 0 Å². The molecular formula is C10H12N2O3. The number of nitrogens with two attached hydrogens (primary N) is 1. The molecule has 0 aromatic heterocycles. The molecule has 5 heteroatoms. The Bertz CT molecular complexity index is 358. The third kappa shape index (κ3) is 3.68. The summed E-state index contributed by atoms with van der Waals surface area (Å²) in [6.45, 7) is 1.57. The lowest BCUT2D eigenvalue weighted by molar-refractivity contribution is -0.548. The summed E-state index contributed by atoms with van der Waals surface area (Å²) in [4.78, 5) is 10.1. The van der Waals surface area contributed by atoms with Gasteiger partial charge in [0.15, 0.2) is 0 Å². The molecule has 0 aliphatic rings. The standard InChI is InChI=1S/C10H12N2O3/c1-8(11)7-10(12(13)14)15-9-5-3-2-4-6-9/h2-7,10H,11H2,1H3. The molecule has 0 bridgehead atoms. The van der Waals surface area contributed by atoms with Crippen molar-refractivity contribution >= 4 is 0 Å².